The van der Waals surface area contributed by atoms with Crippen molar-refractivity contribution >= 4 is 21.4 Å². The zero-order chi connectivity index (χ0) is 15.5. The quantitative estimate of drug-likeness (QED) is 0.872. The fraction of sp³-hybridized carbons (Fsp3) is 0.625. The van der Waals surface area contributed by atoms with Gasteiger partial charge in [-0.2, -0.15) is 0 Å². The van der Waals surface area contributed by atoms with Gasteiger partial charge in [0.1, 0.15) is 0 Å². The second-order valence-electron chi connectivity index (χ2n) is 6.32. The Labute approximate surface area is 133 Å². The summed E-state index contributed by atoms with van der Waals surface area (Å²) < 4.78 is 23.5. The van der Waals surface area contributed by atoms with Crippen LogP contribution in [0.15, 0.2) is 24.3 Å². The largest absolute Gasteiger partial charge is 0.314 e. The third-order valence-electron chi connectivity index (χ3n) is 4.11. The van der Waals surface area contributed by atoms with Gasteiger partial charge in [-0.25, -0.2) is 8.42 Å². The van der Waals surface area contributed by atoms with Crippen molar-refractivity contribution in [1.82, 2.24) is 5.32 Å². The van der Waals surface area contributed by atoms with Crippen molar-refractivity contribution < 1.29 is 8.42 Å². The van der Waals surface area contributed by atoms with E-state index < -0.39 is 9.84 Å². The van der Waals surface area contributed by atoms with Gasteiger partial charge in [0.25, 0.3) is 0 Å². The van der Waals surface area contributed by atoms with Crippen LogP contribution in [0.4, 0.5) is 0 Å². The molecule has 1 heterocycles. The predicted octanol–water partition coefficient (Wildman–Crippen LogP) is 2.93. The molecular formula is C16H24ClNO2S. The summed E-state index contributed by atoms with van der Waals surface area (Å²) in [5, 5.41) is 4.19. The molecule has 118 valence electrons. The number of sulfone groups is 1. The van der Waals surface area contributed by atoms with Crippen molar-refractivity contribution in [3.63, 3.8) is 0 Å². The standard InChI is InChI=1S/C16H24ClNO2S/c1-12(2)18-10-15(14-6-7-21(19,20)11-14)8-13-4-3-5-16(17)9-13/h3-5,9,12,14-15,18H,6-8,10-11H2,1-2H3. The molecule has 2 unspecified atom stereocenters. The lowest BCUT2D eigenvalue weighted by atomic mass is 9.86. The highest BCUT2D eigenvalue weighted by molar-refractivity contribution is 7.91. The molecule has 0 aromatic heterocycles. The first-order valence-corrected chi connectivity index (χ1v) is 9.74. The Morgan fingerprint density at radius 3 is 2.71 bits per heavy atom. The number of rotatable bonds is 6. The van der Waals surface area contributed by atoms with Gasteiger partial charge < -0.3 is 5.32 Å². The molecule has 0 bridgehead atoms. The van der Waals surface area contributed by atoms with Gasteiger partial charge in [-0.15, -0.1) is 0 Å². The fourth-order valence-corrected chi connectivity index (χ4v) is 5.09. The maximum Gasteiger partial charge on any atom is 0.150 e. The molecule has 1 saturated heterocycles. The van der Waals surface area contributed by atoms with E-state index in [0.717, 1.165) is 24.4 Å². The molecule has 1 fully saturated rings. The first-order valence-electron chi connectivity index (χ1n) is 7.54. The van der Waals surface area contributed by atoms with Crippen molar-refractivity contribution in [2.75, 3.05) is 18.1 Å². The van der Waals surface area contributed by atoms with E-state index in [0.29, 0.717) is 23.5 Å². The average Bonchev–Trinajstić information content (AvgIpc) is 2.74. The Bertz CT molecular complexity index is 571. The van der Waals surface area contributed by atoms with Gasteiger partial charge in [-0.05, 0) is 48.9 Å². The first kappa shape index (κ1) is 16.8. The van der Waals surface area contributed by atoms with E-state index >= 15 is 0 Å². The minimum atomic E-state index is -2.83. The maximum absolute atomic E-state index is 11.7. The van der Waals surface area contributed by atoms with Gasteiger partial charge >= 0.3 is 0 Å². The Balaban J connectivity index is 2.08. The van der Waals surface area contributed by atoms with Crippen LogP contribution in [-0.2, 0) is 16.3 Å². The summed E-state index contributed by atoms with van der Waals surface area (Å²) >= 11 is 6.05. The molecule has 1 N–H and O–H groups in total. The third kappa shape index (κ3) is 5.28. The van der Waals surface area contributed by atoms with E-state index in [1.54, 1.807) is 0 Å². The highest BCUT2D eigenvalue weighted by Crippen LogP contribution is 2.29. The van der Waals surface area contributed by atoms with Gasteiger partial charge in [-0.3, -0.25) is 0 Å². The average molecular weight is 330 g/mol. The summed E-state index contributed by atoms with van der Waals surface area (Å²) in [6.07, 6.45) is 1.66. The van der Waals surface area contributed by atoms with E-state index in [9.17, 15) is 8.42 Å². The Hall–Kier alpha value is -0.580. The van der Waals surface area contributed by atoms with E-state index in [1.165, 1.54) is 5.56 Å². The Morgan fingerprint density at radius 1 is 1.38 bits per heavy atom. The zero-order valence-corrected chi connectivity index (χ0v) is 14.3. The molecule has 0 saturated carbocycles. The highest BCUT2D eigenvalue weighted by Gasteiger charge is 2.33. The summed E-state index contributed by atoms with van der Waals surface area (Å²) in [6.45, 7) is 5.08. The molecular weight excluding hydrogens is 306 g/mol. The molecule has 1 aromatic rings. The van der Waals surface area contributed by atoms with Crippen molar-refractivity contribution in [2.45, 2.75) is 32.7 Å². The summed E-state index contributed by atoms with van der Waals surface area (Å²) in [5.74, 6) is 1.26. The normalized spacial score (nSPS) is 22.6. The van der Waals surface area contributed by atoms with E-state index in [-0.39, 0.29) is 5.92 Å². The molecule has 5 heteroatoms. The third-order valence-corrected chi connectivity index (χ3v) is 6.14. The minimum Gasteiger partial charge on any atom is -0.314 e. The lowest BCUT2D eigenvalue weighted by Crippen LogP contribution is -2.34. The summed E-state index contributed by atoms with van der Waals surface area (Å²) in [7, 11) is -2.83. The van der Waals surface area contributed by atoms with Crippen molar-refractivity contribution in [3.8, 4) is 0 Å². The van der Waals surface area contributed by atoms with Crippen LogP contribution in [0.1, 0.15) is 25.8 Å². The van der Waals surface area contributed by atoms with E-state index in [1.807, 2.05) is 18.2 Å². The molecule has 1 aliphatic heterocycles. The van der Waals surface area contributed by atoms with Crippen LogP contribution in [-0.4, -0.2) is 32.5 Å². The molecule has 0 amide bonds. The van der Waals surface area contributed by atoms with Crippen LogP contribution in [0.5, 0.6) is 0 Å². The van der Waals surface area contributed by atoms with Crippen LogP contribution in [0.25, 0.3) is 0 Å². The number of hydrogen-bond acceptors (Lipinski definition) is 3. The van der Waals surface area contributed by atoms with Crippen LogP contribution in [0.3, 0.4) is 0 Å². The maximum atomic E-state index is 11.7. The lowest BCUT2D eigenvalue weighted by Gasteiger charge is -2.24. The van der Waals surface area contributed by atoms with Gasteiger partial charge in [0, 0.05) is 11.1 Å². The van der Waals surface area contributed by atoms with Crippen LogP contribution < -0.4 is 5.32 Å². The molecule has 1 aromatic carbocycles. The molecule has 21 heavy (non-hydrogen) atoms. The molecule has 1 aliphatic rings. The fourth-order valence-electron chi connectivity index (χ4n) is 2.95. The smallest absolute Gasteiger partial charge is 0.150 e. The zero-order valence-electron chi connectivity index (χ0n) is 12.7. The molecule has 0 spiro atoms. The van der Waals surface area contributed by atoms with Gasteiger partial charge in [-0.1, -0.05) is 37.6 Å². The first-order chi connectivity index (χ1) is 9.85. The molecule has 0 aliphatic carbocycles. The number of hydrogen-bond donors (Lipinski definition) is 1. The van der Waals surface area contributed by atoms with E-state index in [2.05, 4.69) is 25.2 Å². The Kier molecular flexibility index (Phi) is 5.69. The van der Waals surface area contributed by atoms with Gasteiger partial charge in [0.15, 0.2) is 9.84 Å². The SMILES string of the molecule is CC(C)NCC(Cc1cccc(Cl)c1)C1CCS(=O)(=O)C1. The van der Waals surface area contributed by atoms with E-state index in [4.69, 9.17) is 11.6 Å². The van der Waals surface area contributed by atoms with Gasteiger partial charge in [0.05, 0.1) is 11.5 Å². The van der Waals surface area contributed by atoms with Gasteiger partial charge in [0.2, 0.25) is 0 Å². The second-order valence-corrected chi connectivity index (χ2v) is 8.99. The summed E-state index contributed by atoms with van der Waals surface area (Å²) in [6, 6.07) is 8.28. The second kappa shape index (κ2) is 7.12. The minimum absolute atomic E-state index is 0.250. The molecule has 0 radical (unpaired) electrons. The molecule has 2 atom stereocenters. The van der Waals surface area contributed by atoms with Crippen molar-refractivity contribution in [3.05, 3.63) is 34.9 Å². The lowest BCUT2D eigenvalue weighted by molar-refractivity contribution is 0.333. The Morgan fingerprint density at radius 2 is 2.14 bits per heavy atom. The van der Waals surface area contributed by atoms with Crippen molar-refractivity contribution in [2.24, 2.45) is 11.8 Å². The monoisotopic (exact) mass is 329 g/mol. The van der Waals surface area contributed by atoms with Crippen LogP contribution in [0, 0.1) is 11.8 Å². The van der Waals surface area contributed by atoms with Crippen LogP contribution >= 0.6 is 11.6 Å². The predicted molar refractivity (Wildman–Crippen MR) is 88.5 cm³/mol. The van der Waals surface area contributed by atoms with Crippen molar-refractivity contribution in [1.29, 1.82) is 0 Å². The number of halogens is 1. The number of nitrogens with one attached hydrogen (secondary N) is 1. The van der Waals surface area contributed by atoms with Crippen LogP contribution in [0.2, 0.25) is 5.02 Å². The highest BCUT2D eigenvalue weighted by atomic mass is 35.5. The summed E-state index contributed by atoms with van der Waals surface area (Å²) in [4.78, 5) is 0. The molecule has 3 nitrogen and oxygen atoms in total. The topological polar surface area (TPSA) is 46.2 Å². The summed E-state index contributed by atoms with van der Waals surface area (Å²) in [5.41, 5.74) is 1.18. The molecule has 2 rings (SSSR count). The number of benzene rings is 1.